The van der Waals surface area contributed by atoms with Gasteiger partial charge in [0.1, 0.15) is 6.07 Å². The molecule has 0 amide bonds. The molecule has 3 nitrogen and oxygen atoms in total. The van der Waals surface area contributed by atoms with Gasteiger partial charge in [-0.3, -0.25) is 0 Å². The molecule has 0 spiro atoms. The summed E-state index contributed by atoms with van der Waals surface area (Å²) in [6, 6.07) is 6.02. The largest absolute Gasteiger partial charge is 0.369 e. The standard InChI is InChI=1S/C12H15N3/c1-12(2)5-7-15(9-12)11-4-3-6-14-10(11)8-13/h3-4,6H,5,7,9H2,1-2H3. The number of hydrogen-bond donors (Lipinski definition) is 0. The monoisotopic (exact) mass is 201 g/mol. The van der Waals surface area contributed by atoms with Gasteiger partial charge in [-0.1, -0.05) is 13.8 Å². The molecule has 0 saturated carbocycles. The van der Waals surface area contributed by atoms with Crippen LogP contribution in [-0.2, 0) is 0 Å². The third-order valence-corrected chi connectivity index (χ3v) is 2.91. The van der Waals surface area contributed by atoms with Crippen LogP contribution in [0.3, 0.4) is 0 Å². The molecule has 15 heavy (non-hydrogen) atoms. The fraction of sp³-hybridized carbons (Fsp3) is 0.500. The van der Waals surface area contributed by atoms with Crippen LogP contribution in [0.2, 0.25) is 0 Å². The van der Waals surface area contributed by atoms with Gasteiger partial charge in [0.2, 0.25) is 0 Å². The highest BCUT2D eigenvalue weighted by molar-refractivity contribution is 5.56. The number of pyridine rings is 1. The highest BCUT2D eigenvalue weighted by Crippen LogP contribution is 2.33. The van der Waals surface area contributed by atoms with Crippen LogP contribution in [0.5, 0.6) is 0 Å². The molecule has 3 heteroatoms. The predicted molar refractivity (Wildman–Crippen MR) is 59.6 cm³/mol. The van der Waals surface area contributed by atoms with Crippen molar-refractivity contribution in [1.82, 2.24) is 4.98 Å². The lowest BCUT2D eigenvalue weighted by Crippen LogP contribution is -2.23. The van der Waals surface area contributed by atoms with Crippen molar-refractivity contribution in [3.63, 3.8) is 0 Å². The molecular formula is C12H15N3. The topological polar surface area (TPSA) is 39.9 Å². The second-order valence-electron chi connectivity index (χ2n) is 4.82. The maximum absolute atomic E-state index is 8.97. The molecular weight excluding hydrogens is 186 g/mol. The second-order valence-corrected chi connectivity index (χ2v) is 4.82. The van der Waals surface area contributed by atoms with E-state index in [1.165, 1.54) is 6.42 Å². The Balaban J connectivity index is 2.28. The summed E-state index contributed by atoms with van der Waals surface area (Å²) in [4.78, 5) is 6.34. The summed E-state index contributed by atoms with van der Waals surface area (Å²) < 4.78 is 0. The number of aromatic nitrogens is 1. The van der Waals surface area contributed by atoms with Gasteiger partial charge in [0.25, 0.3) is 0 Å². The Morgan fingerprint density at radius 1 is 1.53 bits per heavy atom. The molecule has 1 aliphatic heterocycles. The van der Waals surface area contributed by atoms with Crippen molar-refractivity contribution in [3.05, 3.63) is 24.0 Å². The predicted octanol–water partition coefficient (Wildman–Crippen LogP) is 2.19. The van der Waals surface area contributed by atoms with Crippen LogP contribution >= 0.6 is 0 Å². The molecule has 1 saturated heterocycles. The summed E-state index contributed by atoms with van der Waals surface area (Å²) in [7, 11) is 0. The first-order valence-electron chi connectivity index (χ1n) is 5.22. The second kappa shape index (κ2) is 3.54. The van der Waals surface area contributed by atoms with Crippen molar-refractivity contribution >= 4 is 5.69 Å². The van der Waals surface area contributed by atoms with Crippen molar-refractivity contribution in [1.29, 1.82) is 5.26 Å². The van der Waals surface area contributed by atoms with E-state index in [1.54, 1.807) is 6.20 Å². The molecule has 78 valence electrons. The van der Waals surface area contributed by atoms with E-state index in [-0.39, 0.29) is 0 Å². The minimum Gasteiger partial charge on any atom is -0.369 e. The molecule has 0 aliphatic carbocycles. The molecule has 1 aromatic rings. The molecule has 1 aromatic heterocycles. The summed E-state index contributed by atoms with van der Waals surface area (Å²) in [6.07, 6.45) is 2.84. The maximum atomic E-state index is 8.97. The van der Waals surface area contributed by atoms with Crippen LogP contribution in [0, 0.1) is 16.7 Å². The Morgan fingerprint density at radius 2 is 2.33 bits per heavy atom. The Labute approximate surface area is 90.4 Å². The van der Waals surface area contributed by atoms with E-state index in [0.29, 0.717) is 11.1 Å². The third kappa shape index (κ3) is 1.94. The van der Waals surface area contributed by atoms with Crippen LogP contribution in [0.25, 0.3) is 0 Å². The minimum atomic E-state index is 0.350. The van der Waals surface area contributed by atoms with Gasteiger partial charge in [-0.05, 0) is 24.0 Å². The Kier molecular flexibility index (Phi) is 2.36. The summed E-state index contributed by atoms with van der Waals surface area (Å²) in [5.41, 5.74) is 1.86. The van der Waals surface area contributed by atoms with Crippen molar-refractivity contribution in [2.75, 3.05) is 18.0 Å². The Hall–Kier alpha value is -1.56. The van der Waals surface area contributed by atoms with Crippen LogP contribution in [-0.4, -0.2) is 18.1 Å². The Morgan fingerprint density at radius 3 is 2.93 bits per heavy atom. The van der Waals surface area contributed by atoms with Gasteiger partial charge in [0.05, 0.1) is 5.69 Å². The summed E-state index contributed by atoms with van der Waals surface area (Å²) in [6.45, 7) is 6.55. The summed E-state index contributed by atoms with van der Waals surface area (Å²) in [5.74, 6) is 0. The van der Waals surface area contributed by atoms with Gasteiger partial charge in [0.15, 0.2) is 5.69 Å². The van der Waals surface area contributed by atoms with Gasteiger partial charge in [-0.25, -0.2) is 4.98 Å². The van der Waals surface area contributed by atoms with Crippen molar-refractivity contribution in [3.8, 4) is 6.07 Å². The van der Waals surface area contributed by atoms with Crippen molar-refractivity contribution in [2.24, 2.45) is 5.41 Å². The van der Waals surface area contributed by atoms with Crippen molar-refractivity contribution < 1.29 is 0 Å². The molecule has 0 aromatic carbocycles. The van der Waals surface area contributed by atoms with Crippen LogP contribution in [0.1, 0.15) is 26.0 Å². The van der Waals surface area contributed by atoms with Gasteiger partial charge in [0, 0.05) is 19.3 Å². The van der Waals surface area contributed by atoms with Crippen molar-refractivity contribution in [2.45, 2.75) is 20.3 Å². The van der Waals surface area contributed by atoms with Gasteiger partial charge >= 0.3 is 0 Å². The molecule has 1 fully saturated rings. The average molecular weight is 201 g/mol. The number of nitrogens with zero attached hydrogens (tertiary/aromatic N) is 3. The third-order valence-electron chi connectivity index (χ3n) is 2.91. The van der Waals surface area contributed by atoms with Crippen LogP contribution in [0.4, 0.5) is 5.69 Å². The molecule has 1 aliphatic rings. The number of nitriles is 1. The summed E-state index contributed by atoms with van der Waals surface area (Å²) >= 11 is 0. The molecule has 2 rings (SSSR count). The van der Waals surface area contributed by atoms with E-state index in [4.69, 9.17) is 5.26 Å². The first-order valence-corrected chi connectivity index (χ1v) is 5.22. The zero-order chi connectivity index (χ0) is 10.9. The fourth-order valence-electron chi connectivity index (χ4n) is 2.06. The Bertz CT molecular complexity index is 404. The maximum Gasteiger partial charge on any atom is 0.163 e. The zero-order valence-electron chi connectivity index (χ0n) is 9.20. The van der Waals surface area contributed by atoms with Gasteiger partial charge in [-0.2, -0.15) is 5.26 Å². The smallest absolute Gasteiger partial charge is 0.163 e. The normalized spacial score (nSPS) is 18.9. The minimum absolute atomic E-state index is 0.350. The van der Waals surface area contributed by atoms with E-state index in [2.05, 4.69) is 29.8 Å². The van der Waals surface area contributed by atoms with Gasteiger partial charge in [-0.15, -0.1) is 0 Å². The van der Waals surface area contributed by atoms with E-state index in [9.17, 15) is 0 Å². The van der Waals surface area contributed by atoms with Crippen LogP contribution in [0.15, 0.2) is 18.3 Å². The number of hydrogen-bond acceptors (Lipinski definition) is 3. The van der Waals surface area contributed by atoms with Gasteiger partial charge < -0.3 is 4.90 Å². The molecule has 0 atom stereocenters. The first-order chi connectivity index (χ1) is 7.12. The van der Waals surface area contributed by atoms with E-state index < -0.39 is 0 Å². The quantitative estimate of drug-likeness (QED) is 0.699. The lowest BCUT2D eigenvalue weighted by atomic mass is 9.93. The summed E-state index contributed by atoms with van der Waals surface area (Å²) in [5, 5.41) is 8.97. The first kappa shape index (κ1) is 9.97. The average Bonchev–Trinajstić information content (AvgIpc) is 2.59. The van der Waals surface area contributed by atoms with E-state index >= 15 is 0 Å². The highest BCUT2D eigenvalue weighted by Gasteiger charge is 2.30. The molecule has 0 unspecified atom stereocenters. The fourth-order valence-corrected chi connectivity index (χ4v) is 2.06. The molecule has 0 N–H and O–H groups in total. The zero-order valence-corrected chi connectivity index (χ0v) is 9.20. The van der Waals surface area contributed by atoms with E-state index in [1.807, 2.05) is 12.1 Å². The molecule has 2 heterocycles. The van der Waals surface area contributed by atoms with Crippen LogP contribution < -0.4 is 4.90 Å². The number of rotatable bonds is 1. The van der Waals surface area contributed by atoms with E-state index in [0.717, 1.165) is 18.8 Å². The highest BCUT2D eigenvalue weighted by atomic mass is 15.2. The molecule has 0 radical (unpaired) electrons. The SMILES string of the molecule is CC1(C)CCN(c2cccnc2C#N)C1. The molecule has 0 bridgehead atoms. The number of anilines is 1. The lowest BCUT2D eigenvalue weighted by molar-refractivity contribution is 0.418. The lowest BCUT2D eigenvalue weighted by Gasteiger charge is -2.21.